The molecule has 6 nitrogen and oxygen atoms in total. The molecule has 3 aromatic rings. The second-order valence-electron chi connectivity index (χ2n) is 9.12. The lowest BCUT2D eigenvalue weighted by Crippen LogP contribution is -2.29. The van der Waals surface area contributed by atoms with Gasteiger partial charge < -0.3 is 15.5 Å². The van der Waals surface area contributed by atoms with Gasteiger partial charge in [0.15, 0.2) is 0 Å². The number of hydrogen-bond donors (Lipinski definition) is 1. The van der Waals surface area contributed by atoms with Crippen molar-refractivity contribution < 1.29 is 9.18 Å². The molecular weight excluding hydrogens is 417 g/mol. The molecule has 170 valence electrons. The maximum Gasteiger partial charge on any atom is 0.229 e. The maximum atomic E-state index is 13.3. The summed E-state index contributed by atoms with van der Waals surface area (Å²) >= 11 is 0. The van der Waals surface area contributed by atoms with Gasteiger partial charge in [0.05, 0.1) is 23.5 Å². The SMILES string of the molecule is CN1CCC(c2cc3c(cn2)CN(C(=O)Cc2nc(-c4ccc(F)cc4)ccc2N)C3)CC1. The summed E-state index contributed by atoms with van der Waals surface area (Å²) in [4.78, 5) is 26.6. The second kappa shape index (κ2) is 8.90. The van der Waals surface area contributed by atoms with Gasteiger partial charge in [0.2, 0.25) is 5.91 Å². The maximum absolute atomic E-state index is 13.3. The lowest BCUT2D eigenvalue weighted by molar-refractivity contribution is -0.131. The van der Waals surface area contributed by atoms with E-state index in [0.29, 0.717) is 36.1 Å². The number of nitrogen functional groups attached to an aromatic ring is 1. The Kier molecular flexibility index (Phi) is 5.81. The summed E-state index contributed by atoms with van der Waals surface area (Å²) in [5, 5.41) is 0. The van der Waals surface area contributed by atoms with Gasteiger partial charge in [0, 0.05) is 36.5 Å². The predicted octanol–water partition coefficient (Wildman–Crippen LogP) is 3.76. The first-order valence-corrected chi connectivity index (χ1v) is 11.4. The molecule has 0 bridgehead atoms. The van der Waals surface area contributed by atoms with Crippen molar-refractivity contribution in [1.29, 1.82) is 0 Å². The van der Waals surface area contributed by atoms with E-state index in [4.69, 9.17) is 10.7 Å². The van der Waals surface area contributed by atoms with Gasteiger partial charge in [-0.1, -0.05) is 0 Å². The van der Waals surface area contributed by atoms with E-state index >= 15 is 0 Å². The van der Waals surface area contributed by atoms with Crippen molar-refractivity contribution >= 4 is 11.6 Å². The van der Waals surface area contributed by atoms with Gasteiger partial charge in [0.1, 0.15) is 5.82 Å². The molecule has 5 rings (SSSR count). The average Bonchev–Trinajstić information content (AvgIpc) is 3.25. The van der Waals surface area contributed by atoms with Crippen molar-refractivity contribution in [3.05, 3.63) is 77.0 Å². The molecule has 0 unspecified atom stereocenters. The van der Waals surface area contributed by atoms with Gasteiger partial charge in [-0.05, 0) is 86.6 Å². The number of carbonyl (C=O) groups is 1. The minimum absolute atomic E-state index is 0.0116. The number of carbonyl (C=O) groups excluding carboxylic acids is 1. The van der Waals surface area contributed by atoms with Crippen LogP contribution in [0.2, 0.25) is 0 Å². The molecule has 2 aromatic heterocycles. The zero-order valence-electron chi connectivity index (χ0n) is 18.8. The largest absolute Gasteiger partial charge is 0.397 e. The number of anilines is 1. The van der Waals surface area contributed by atoms with E-state index in [2.05, 4.69) is 23.0 Å². The molecule has 0 radical (unpaired) electrons. The van der Waals surface area contributed by atoms with E-state index in [0.717, 1.165) is 42.8 Å². The standard InChI is InChI=1S/C26H28FN5O/c1-31-10-8-18(9-11-31)24-12-19-15-32(16-20(19)14-29-24)26(33)13-25-22(28)6-7-23(30-25)17-2-4-21(27)5-3-17/h2-7,12,14,18H,8-11,13,15-16,28H2,1H3. The number of nitrogens with zero attached hydrogens (tertiary/aromatic N) is 4. The first-order valence-electron chi connectivity index (χ1n) is 11.4. The number of amides is 1. The fourth-order valence-corrected chi connectivity index (χ4v) is 4.69. The lowest BCUT2D eigenvalue weighted by Gasteiger charge is -2.28. The van der Waals surface area contributed by atoms with Crippen LogP contribution >= 0.6 is 0 Å². The Balaban J connectivity index is 1.28. The summed E-state index contributed by atoms with van der Waals surface area (Å²) in [6, 6.07) is 11.9. The highest BCUT2D eigenvalue weighted by Crippen LogP contribution is 2.30. The molecule has 0 spiro atoms. The molecule has 2 N–H and O–H groups in total. The number of likely N-dealkylation sites (tertiary alicyclic amines) is 1. The van der Waals surface area contributed by atoms with Crippen molar-refractivity contribution in [3.63, 3.8) is 0 Å². The number of rotatable bonds is 4. The Bertz CT molecular complexity index is 1170. The van der Waals surface area contributed by atoms with E-state index in [1.54, 1.807) is 24.3 Å². The van der Waals surface area contributed by atoms with E-state index < -0.39 is 0 Å². The fraction of sp³-hybridized carbons (Fsp3) is 0.346. The number of nitrogens with two attached hydrogens (primary N) is 1. The van der Waals surface area contributed by atoms with E-state index in [1.165, 1.54) is 17.7 Å². The topological polar surface area (TPSA) is 75.4 Å². The first kappa shape index (κ1) is 21.5. The van der Waals surface area contributed by atoms with Crippen molar-refractivity contribution in [2.24, 2.45) is 0 Å². The molecule has 1 fully saturated rings. The third kappa shape index (κ3) is 4.59. The first-order chi connectivity index (χ1) is 16.0. The van der Waals surface area contributed by atoms with Gasteiger partial charge >= 0.3 is 0 Å². The molecule has 1 amide bonds. The molecule has 0 saturated carbocycles. The summed E-state index contributed by atoms with van der Waals surface area (Å²) in [5.74, 6) is 0.184. The normalized spacial score (nSPS) is 16.7. The highest BCUT2D eigenvalue weighted by Gasteiger charge is 2.27. The zero-order valence-corrected chi connectivity index (χ0v) is 18.8. The van der Waals surface area contributed by atoms with Crippen LogP contribution in [0.3, 0.4) is 0 Å². The van der Waals surface area contributed by atoms with Gasteiger partial charge in [-0.25, -0.2) is 4.39 Å². The average molecular weight is 446 g/mol. The van der Waals surface area contributed by atoms with Crippen LogP contribution in [0, 0.1) is 5.82 Å². The number of piperidine rings is 1. The Labute approximate surface area is 193 Å². The summed E-state index contributed by atoms with van der Waals surface area (Å²) in [5.41, 5.74) is 12.1. The number of pyridine rings is 2. The summed E-state index contributed by atoms with van der Waals surface area (Å²) < 4.78 is 13.3. The molecule has 0 atom stereocenters. The number of halogens is 1. The predicted molar refractivity (Wildman–Crippen MR) is 126 cm³/mol. The fourth-order valence-electron chi connectivity index (χ4n) is 4.69. The Morgan fingerprint density at radius 3 is 2.58 bits per heavy atom. The molecular formula is C26H28FN5O. The van der Waals surface area contributed by atoms with Gasteiger partial charge in [-0.2, -0.15) is 0 Å². The van der Waals surface area contributed by atoms with Crippen molar-refractivity contribution in [2.45, 2.75) is 38.3 Å². The van der Waals surface area contributed by atoms with Crippen LogP contribution in [0.5, 0.6) is 0 Å². The molecule has 2 aliphatic rings. The van der Waals surface area contributed by atoms with Crippen LogP contribution in [0.15, 0.2) is 48.7 Å². The van der Waals surface area contributed by atoms with Crippen LogP contribution in [0.4, 0.5) is 10.1 Å². The number of aromatic nitrogens is 2. The van der Waals surface area contributed by atoms with E-state index in [1.807, 2.05) is 11.1 Å². The number of fused-ring (bicyclic) bond motifs is 1. The third-order valence-corrected chi connectivity index (χ3v) is 6.78. The smallest absolute Gasteiger partial charge is 0.229 e. The number of hydrogen-bond acceptors (Lipinski definition) is 5. The van der Waals surface area contributed by atoms with E-state index in [-0.39, 0.29) is 18.1 Å². The summed E-state index contributed by atoms with van der Waals surface area (Å²) in [6.07, 6.45) is 4.32. The third-order valence-electron chi connectivity index (χ3n) is 6.78. The molecule has 1 aromatic carbocycles. The Morgan fingerprint density at radius 2 is 1.82 bits per heavy atom. The van der Waals surface area contributed by atoms with Crippen LogP contribution in [0.1, 0.15) is 41.3 Å². The van der Waals surface area contributed by atoms with Crippen LogP contribution in [0.25, 0.3) is 11.3 Å². The quantitative estimate of drug-likeness (QED) is 0.662. The summed E-state index contributed by atoms with van der Waals surface area (Å²) in [7, 11) is 2.16. The Hall–Kier alpha value is -3.32. The van der Waals surface area contributed by atoms with Crippen LogP contribution < -0.4 is 5.73 Å². The summed E-state index contributed by atoms with van der Waals surface area (Å²) in [6.45, 7) is 3.35. The molecule has 4 heterocycles. The molecule has 7 heteroatoms. The zero-order chi connectivity index (χ0) is 22.9. The highest BCUT2D eigenvalue weighted by molar-refractivity contribution is 5.81. The minimum Gasteiger partial charge on any atom is -0.397 e. The Morgan fingerprint density at radius 1 is 1.09 bits per heavy atom. The van der Waals surface area contributed by atoms with Gasteiger partial charge in [0.25, 0.3) is 0 Å². The van der Waals surface area contributed by atoms with Crippen molar-refractivity contribution in [3.8, 4) is 11.3 Å². The van der Waals surface area contributed by atoms with Crippen LogP contribution in [-0.4, -0.2) is 45.8 Å². The molecule has 0 aliphatic carbocycles. The molecule has 2 aliphatic heterocycles. The second-order valence-corrected chi connectivity index (χ2v) is 9.12. The molecule has 33 heavy (non-hydrogen) atoms. The monoisotopic (exact) mass is 445 g/mol. The van der Waals surface area contributed by atoms with Crippen molar-refractivity contribution in [2.75, 3.05) is 25.9 Å². The van der Waals surface area contributed by atoms with Gasteiger partial charge in [-0.3, -0.25) is 14.8 Å². The van der Waals surface area contributed by atoms with Gasteiger partial charge in [-0.15, -0.1) is 0 Å². The highest BCUT2D eigenvalue weighted by atomic mass is 19.1. The van der Waals surface area contributed by atoms with Crippen molar-refractivity contribution in [1.82, 2.24) is 19.8 Å². The molecule has 1 saturated heterocycles. The van der Waals surface area contributed by atoms with Crippen LogP contribution in [-0.2, 0) is 24.3 Å². The number of benzene rings is 1. The minimum atomic E-state index is -0.299. The lowest BCUT2D eigenvalue weighted by atomic mass is 9.92. The van der Waals surface area contributed by atoms with E-state index in [9.17, 15) is 9.18 Å².